The Labute approximate surface area is 114 Å². The maximum atomic E-state index is 8.78. The molecule has 0 saturated carbocycles. The van der Waals surface area contributed by atoms with Gasteiger partial charge in [-0.25, -0.2) is 0 Å². The van der Waals surface area contributed by atoms with Gasteiger partial charge >= 0.3 is 0 Å². The first kappa shape index (κ1) is 14.4. The average Bonchev–Trinajstić information content (AvgIpc) is 2.91. The molecule has 1 atom stereocenters. The highest BCUT2D eigenvalue weighted by Gasteiger charge is 2.18. The molecule has 19 heavy (non-hydrogen) atoms. The summed E-state index contributed by atoms with van der Waals surface area (Å²) in [6.07, 6.45) is 5.21. The highest BCUT2D eigenvalue weighted by molar-refractivity contribution is 4.93. The van der Waals surface area contributed by atoms with E-state index in [2.05, 4.69) is 27.5 Å². The van der Waals surface area contributed by atoms with Crippen molar-refractivity contribution in [1.82, 2.24) is 25.2 Å². The third kappa shape index (κ3) is 4.56. The number of nitrogens with zero attached hydrogens (tertiary/aromatic N) is 4. The lowest BCUT2D eigenvalue weighted by atomic mass is 10.1. The molecule has 1 aliphatic heterocycles. The summed E-state index contributed by atoms with van der Waals surface area (Å²) in [4.78, 5) is 2.49. The van der Waals surface area contributed by atoms with Gasteiger partial charge in [0.05, 0.1) is 5.69 Å². The fraction of sp³-hybridized carbons (Fsp3) is 0.846. The van der Waals surface area contributed by atoms with Crippen molar-refractivity contribution in [3.63, 3.8) is 0 Å². The van der Waals surface area contributed by atoms with Gasteiger partial charge in [0, 0.05) is 38.5 Å². The molecule has 1 aromatic heterocycles. The van der Waals surface area contributed by atoms with Crippen LogP contribution in [0.15, 0.2) is 6.20 Å². The van der Waals surface area contributed by atoms with Gasteiger partial charge in [-0.15, -0.1) is 5.10 Å². The van der Waals surface area contributed by atoms with E-state index in [0.29, 0.717) is 6.04 Å². The van der Waals surface area contributed by atoms with Gasteiger partial charge in [-0.05, 0) is 32.4 Å². The first-order valence-electron chi connectivity index (χ1n) is 7.27. The highest BCUT2D eigenvalue weighted by Crippen LogP contribution is 2.10. The molecule has 2 heterocycles. The second-order valence-electron chi connectivity index (χ2n) is 5.16. The van der Waals surface area contributed by atoms with Gasteiger partial charge in [0.1, 0.15) is 0 Å². The summed E-state index contributed by atoms with van der Waals surface area (Å²) in [5.41, 5.74) is 0.978. The van der Waals surface area contributed by atoms with E-state index in [1.807, 2.05) is 6.20 Å². The number of likely N-dealkylation sites (tertiary alicyclic amines) is 1. The van der Waals surface area contributed by atoms with Crippen LogP contribution in [-0.4, -0.2) is 57.3 Å². The Morgan fingerprint density at radius 3 is 3.21 bits per heavy atom. The molecule has 1 fully saturated rings. The van der Waals surface area contributed by atoms with Crippen molar-refractivity contribution >= 4 is 0 Å². The summed E-state index contributed by atoms with van der Waals surface area (Å²) in [5.74, 6) is 0. The van der Waals surface area contributed by atoms with Crippen LogP contribution in [0.1, 0.15) is 31.9 Å². The lowest BCUT2D eigenvalue weighted by molar-refractivity contribution is 0.198. The lowest BCUT2D eigenvalue weighted by Crippen LogP contribution is -2.45. The van der Waals surface area contributed by atoms with Gasteiger partial charge in [0.25, 0.3) is 0 Å². The maximum absolute atomic E-state index is 8.78. The number of hydrogen-bond donors (Lipinski definition) is 2. The zero-order chi connectivity index (χ0) is 13.5. The van der Waals surface area contributed by atoms with Crippen molar-refractivity contribution in [2.24, 2.45) is 0 Å². The van der Waals surface area contributed by atoms with E-state index >= 15 is 0 Å². The molecule has 1 saturated heterocycles. The molecule has 1 aromatic rings. The van der Waals surface area contributed by atoms with Crippen molar-refractivity contribution in [1.29, 1.82) is 0 Å². The zero-order valence-corrected chi connectivity index (χ0v) is 11.8. The van der Waals surface area contributed by atoms with E-state index in [-0.39, 0.29) is 6.61 Å². The number of rotatable bonds is 7. The molecule has 0 aliphatic carbocycles. The Morgan fingerprint density at radius 2 is 2.42 bits per heavy atom. The number of aryl methyl sites for hydroxylation is 1. The number of likely N-dealkylation sites (N-methyl/N-ethyl adjacent to an activating group) is 1. The van der Waals surface area contributed by atoms with Crippen molar-refractivity contribution in [2.75, 3.05) is 26.2 Å². The van der Waals surface area contributed by atoms with Crippen LogP contribution < -0.4 is 5.32 Å². The Bertz CT molecular complexity index is 368. The number of piperidine rings is 1. The molecule has 1 unspecified atom stereocenters. The minimum Gasteiger partial charge on any atom is -0.396 e. The predicted molar refractivity (Wildman–Crippen MR) is 73.7 cm³/mol. The maximum Gasteiger partial charge on any atom is 0.0964 e. The van der Waals surface area contributed by atoms with Crippen LogP contribution in [0.4, 0.5) is 0 Å². The summed E-state index contributed by atoms with van der Waals surface area (Å²) < 4.78 is 1.80. The Morgan fingerprint density at radius 1 is 1.53 bits per heavy atom. The molecule has 6 heteroatoms. The number of hydrogen-bond acceptors (Lipinski definition) is 5. The van der Waals surface area contributed by atoms with Crippen LogP contribution in [-0.2, 0) is 13.1 Å². The minimum atomic E-state index is 0.197. The SMILES string of the molecule is CCN1CCCC(NCc2cn(CCCO)nn2)C1. The molecule has 2 rings (SSSR count). The van der Waals surface area contributed by atoms with E-state index in [1.54, 1.807) is 4.68 Å². The van der Waals surface area contributed by atoms with E-state index < -0.39 is 0 Å². The number of nitrogens with one attached hydrogen (secondary N) is 1. The number of aromatic nitrogens is 3. The van der Waals surface area contributed by atoms with Gasteiger partial charge < -0.3 is 15.3 Å². The molecular weight excluding hydrogens is 242 g/mol. The van der Waals surface area contributed by atoms with Crippen molar-refractivity contribution in [2.45, 2.75) is 45.3 Å². The molecular formula is C13H25N5O. The molecule has 0 bridgehead atoms. The van der Waals surface area contributed by atoms with Gasteiger partial charge in [-0.3, -0.25) is 4.68 Å². The standard InChI is InChI=1S/C13H25N5O/c1-2-17-6-3-5-12(10-17)14-9-13-11-18(16-15-13)7-4-8-19/h11-12,14,19H,2-10H2,1H3. The summed E-state index contributed by atoms with van der Waals surface area (Å²) in [6.45, 7) is 7.42. The van der Waals surface area contributed by atoms with Gasteiger partial charge in [0.15, 0.2) is 0 Å². The van der Waals surface area contributed by atoms with E-state index in [1.165, 1.54) is 19.4 Å². The van der Waals surface area contributed by atoms with Crippen molar-refractivity contribution in [3.05, 3.63) is 11.9 Å². The van der Waals surface area contributed by atoms with Crippen LogP contribution in [0, 0.1) is 0 Å². The zero-order valence-electron chi connectivity index (χ0n) is 11.8. The first-order chi connectivity index (χ1) is 9.31. The summed E-state index contributed by atoms with van der Waals surface area (Å²) in [7, 11) is 0. The molecule has 1 aliphatic rings. The molecule has 0 amide bonds. The van der Waals surface area contributed by atoms with Crippen LogP contribution in [0.2, 0.25) is 0 Å². The van der Waals surface area contributed by atoms with Crippen molar-refractivity contribution < 1.29 is 5.11 Å². The Kier molecular flexibility index (Phi) is 5.75. The third-order valence-corrected chi connectivity index (χ3v) is 3.66. The van der Waals surface area contributed by atoms with E-state index in [9.17, 15) is 0 Å². The molecule has 6 nitrogen and oxygen atoms in total. The molecule has 0 aromatic carbocycles. The molecule has 0 spiro atoms. The second-order valence-corrected chi connectivity index (χ2v) is 5.16. The third-order valence-electron chi connectivity index (χ3n) is 3.66. The normalized spacial score (nSPS) is 20.8. The molecule has 108 valence electrons. The fourth-order valence-electron chi connectivity index (χ4n) is 2.52. The van der Waals surface area contributed by atoms with Gasteiger partial charge in [-0.2, -0.15) is 0 Å². The monoisotopic (exact) mass is 267 g/mol. The molecule has 0 radical (unpaired) electrons. The largest absolute Gasteiger partial charge is 0.396 e. The lowest BCUT2D eigenvalue weighted by Gasteiger charge is -2.32. The average molecular weight is 267 g/mol. The number of aliphatic hydroxyl groups is 1. The van der Waals surface area contributed by atoms with Crippen LogP contribution in [0.25, 0.3) is 0 Å². The fourth-order valence-corrected chi connectivity index (χ4v) is 2.52. The number of aliphatic hydroxyl groups excluding tert-OH is 1. The summed E-state index contributed by atoms with van der Waals surface area (Å²) in [5, 5.41) is 20.5. The van der Waals surface area contributed by atoms with Crippen LogP contribution in [0.5, 0.6) is 0 Å². The van der Waals surface area contributed by atoms with Crippen LogP contribution in [0.3, 0.4) is 0 Å². The smallest absolute Gasteiger partial charge is 0.0964 e. The topological polar surface area (TPSA) is 66.2 Å². The second kappa shape index (κ2) is 7.57. The van der Waals surface area contributed by atoms with E-state index in [4.69, 9.17) is 5.11 Å². The van der Waals surface area contributed by atoms with Gasteiger partial charge in [0.2, 0.25) is 0 Å². The predicted octanol–water partition coefficient (Wildman–Crippen LogP) is 0.234. The quantitative estimate of drug-likeness (QED) is 0.740. The van der Waals surface area contributed by atoms with Crippen LogP contribution >= 0.6 is 0 Å². The van der Waals surface area contributed by atoms with Gasteiger partial charge in [-0.1, -0.05) is 12.1 Å². The highest BCUT2D eigenvalue weighted by atomic mass is 16.3. The summed E-state index contributed by atoms with van der Waals surface area (Å²) in [6, 6.07) is 0.566. The molecule has 2 N–H and O–H groups in total. The summed E-state index contributed by atoms with van der Waals surface area (Å²) >= 11 is 0. The minimum absolute atomic E-state index is 0.197. The Balaban J connectivity index is 1.73. The first-order valence-corrected chi connectivity index (χ1v) is 7.27. The van der Waals surface area contributed by atoms with E-state index in [0.717, 1.165) is 38.3 Å². The van der Waals surface area contributed by atoms with Crippen molar-refractivity contribution in [3.8, 4) is 0 Å². The Hall–Kier alpha value is -0.980.